The zero-order valence-corrected chi connectivity index (χ0v) is 11.7. The summed E-state index contributed by atoms with van der Waals surface area (Å²) >= 11 is 0. The zero-order chi connectivity index (χ0) is 14.9. The number of rotatable bonds is 4. The van der Waals surface area contributed by atoms with Crippen molar-refractivity contribution >= 4 is 21.8 Å². The van der Waals surface area contributed by atoms with Crippen molar-refractivity contribution in [3.05, 3.63) is 41.1 Å². The molecule has 106 valence electrons. The van der Waals surface area contributed by atoms with Crippen molar-refractivity contribution in [2.45, 2.75) is 18.7 Å². The fourth-order valence-corrected chi connectivity index (χ4v) is 3.06. The largest absolute Gasteiger partial charge is 0.478 e. The summed E-state index contributed by atoms with van der Waals surface area (Å²) in [4.78, 5) is 10.9. The van der Waals surface area contributed by atoms with Crippen LogP contribution in [0, 0.1) is 13.8 Å². The molecule has 2 aromatic rings. The first-order chi connectivity index (χ1) is 9.31. The van der Waals surface area contributed by atoms with Gasteiger partial charge in [0.1, 0.15) is 0 Å². The molecule has 0 fully saturated rings. The standard InChI is InChI=1S/C12H13N3O4S/c1-7-6-11(14-13-7)15-20(18,19)10-5-3-4-9(8(10)2)12(16)17/h3-6H,1-2H3,(H,16,17)(H2,13,14,15). The highest BCUT2D eigenvalue weighted by atomic mass is 32.2. The van der Waals surface area contributed by atoms with Gasteiger partial charge in [0, 0.05) is 11.8 Å². The fourth-order valence-electron chi connectivity index (χ4n) is 1.80. The molecule has 7 nitrogen and oxygen atoms in total. The van der Waals surface area contributed by atoms with Crippen LogP contribution in [0.5, 0.6) is 0 Å². The molecular formula is C12H13N3O4S. The van der Waals surface area contributed by atoms with E-state index < -0.39 is 16.0 Å². The lowest BCUT2D eigenvalue weighted by atomic mass is 10.1. The molecule has 0 aliphatic heterocycles. The molecule has 0 saturated heterocycles. The maximum Gasteiger partial charge on any atom is 0.335 e. The summed E-state index contributed by atoms with van der Waals surface area (Å²) < 4.78 is 26.8. The van der Waals surface area contributed by atoms with Gasteiger partial charge in [0.05, 0.1) is 10.5 Å². The predicted molar refractivity (Wildman–Crippen MR) is 72.3 cm³/mol. The Bertz CT molecular complexity index is 765. The number of aromatic amines is 1. The molecule has 20 heavy (non-hydrogen) atoms. The van der Waals surface area contributed by atoms with Crippen LogP contribution in [0.15, 0.2) is 29.2 Å². The van der Waals surface area contributed by atoms with E-state index in [1.807, 2.05) is 0 Å². The Morgan fingerprint density at radius 2 is 2.05 bits per heavy atom. The van der Waals surface area contributed by atoms with E-state index in [1.165, 1.54) is 31.2 Å². The molecule has 8 heteroatoms. The van der Waals surface area contributed by atoms with Crippen LogP contribution in [0.3, 0.4) is 0 Å². The highest BCUT2D eigenvalue weighted by Crippen LogP contribution is 2.21. The first-order valence-corrected chi connectivity index (χ1v) is 7.17. The van der Waals surface area contributed by atoms with Crippen LogP contribution in [0.2, 0.25) is 0 Å². The first kappa shape index (κ1) is 14.1. The fraction of sp³-hybridized carbons (Fsp3) is 0.167. The molecule has 0 radical (unpaired) electrons. The number of nitrogens with zero attached hydrogens (tertiary/aromatic N) is 1. The number of carbonyl (C=O) groups is 1. The van der Waals surface area contributed by atoms with E-state index in [4.69, 9.17) is 5.11 Å². The molecule has 0 aliphatic rings. The van der Waals surface area contributed by atoms with Gasteiger partial charge in [0.25, 0.3) is 10.0 Å². The maximum absolute atomic E-state index is 12.2. The number of nitrogens with one attached hydrogen (secondary N) is 2. The average Bonchev–Trinajstić information content (AvgIpc) is 2.73. The molecule has 0 spiro atoms. The van der Waals surface area contributed by atoms with Crippen LogP contribution < -0.4 is 4.72 Å². The molecule has 1 aromatic heterocycles. The smallest absolute Gasteiger partial charge is 0.335 e. The van der Waals surface area contributed by atoms with E-state index in [-0.39, 0.29) is 21.8 Å². The molecule has 1 aromatic carbocycles. The average molecular weight is 295 g/mol. The number of carboxylic acid groups (broad SMARTS) is 1. The van der Waals surface area contributed by atoms with Crippen molar-refractivity contribution in [1.82, 2.24) is 10.2 Å². The summed E-state index contributed by atoms with van der Waals surface area (Å²) in [7, 11) is -3.88. The van der Waals surface area contributed by atoms with Gasteiger partial charge in [-0.25, -0.2) is 13.2 Å². The molecule has 0 aliphatic carbocycles. The lowest BCUT2D eigenvalue weighted by molar-refractivity contribution is 0.0696. The number of sulfonamides is 1. The van der Waals surface area contributed by atoms with Crippen LogP contribution >= 0.6 is 0 Å². The van der Waals surface area contributed by atoms with E-state index >= 15 is 0 Å². The summed E-state index contributed by atoms with van der Waals surface area (Å²) in [5.41, 5.74) is 0.838. The topological polar surface area (TPSA) is 112 Å². The predicted octanol–water partition coefficient (Wildman–Crippen LogP) is 1.53. The third-order valence-corrected chi connectivity index (χ3v) is 4.25. The Morgan fingerprint density at radius 1 is 1.35 bits per heavy atom. The summed E-state index contributed by atoms with van der Waals surface area (Å²) in [5, 5.41) is 15.4. The van der Waals surface area contributed by atoms with Crippen LogP contribution in [0.25, 0.3) is 0 Å². The van der Waals surface area contributed by atoms with Gasteiger partial charge in [0.15, 0.2) is 5.82 Å². The van der Waals surface area contributed by atoms with Gasteiger partial charge in [-0.3, -0.25) is 9.82 Å². The minimum Gasteiger partial charge on any atom is -0.478 e. The SMILES string of the molecule is Cc1cc(NS(=O)(=O)c2cccc(C(=O)O)c2C)n[nH]1. The Morgan fingerprint density at radius 3 is 2.60 bits per heavy atom. The summed E-state index contributed by atoms with van der Waals surface area (Å²) in [5.74, 6) is -1.02. The third-order valence-electron chi connectivity index (χ3n) is 2.75. The van der Waals surface area contributed by atoms with Crippen molar-refractivity contribution in [2.24, 2.45) is 0 Å². The van der Waals surface area contributed by atoms with Crippen molar-refractivity contribution in [2.75, 3.05) is 4.72 Å². The van der Waals surface area contributed by atoms with Gasteiger partial charge in [-0.05, 0) is 31.5 Å². The molecule has 1 heterocycles. The minimum atomic E-state index is -3.88. The third kappa shape index (κ3) is 2.64. The highest BCUT2D eigenvalue weighted by Gasteiger charge is 2.21. The molecule has 2 rings (SSSR count). The number of carboxylic acids is 1. The zero-order valence-electron chi connectivity index (χ0n) is 10.8. The Labute approximate surface area is 115 Å². The lowest BCUT2D eigenvalue weighted by Gasteiger charge is -2.10. The van der Waals surface area contributed by atoms with Crippen molar-refractivity contribution in [1.29, 1.82) is 0 Å². The van der Waals surface area contributed by atoms with Crippen molar-refractivity contribution in [3.8, 4) is 0 Å². The number of aromatic nitrogens is 2. The number of hydrogen-bond donors (Lipinski definition) is 3. The van der Waals surface area contributed by atoms with Crippen LogP contribution in [0.1, 0.15) is 21.6 Å². The summed E-state index contributed by atoms with van der Waals surface area (Å²) in [6.45, 7) is 3.19. The maximum atomic E-state index is 12.2. The van der Waals surface area contributed by atoms with E-state index in [0.29, 0.717) is 5.69 Å². The van der Waals surface area contributed by atoms with E-state index in [0.717, 1.165) is 0 Å². The Kier molecular flexibility index (Phi) is 3.49. The molecule has 3 N–H and O–H groups in total. The molecule has 0 saturated carbocycles. The number of benzene rings is 1. The quantitative estimate of drug-likeness (QED) is 0.791. The van der Waals surface area contributed by atoms with Gasteiger partial charge in [-0.1, -0.05) is 6.07 Å². The normalized spacial score (nSPS) is 11.3. The molecule has 0 unspecified atom stereocenters. The van der Waals surface area contributed by atoms with E-state index in [1.54, 1.807) is 6.92 Å². The second-order valence-corrected chi connectivity index (χ2v) is 5.93. The minimum absolute atomic E-state index is 0.0499. The number of anilines is 1. The number of H-pyrrole nitrogens is 1. The van der Waals surface area contributed by atoms with Gasteiger partial charge < -0.3 is 5.11 Å². The number of aryl methyl sites for hydroxylation is 1. The van der Waals surface area contributed by atoms with Crippen molar-refractivity contribution < 1.29 is 18.3 Å². The van der Waals surface area contributed by atoms with Crippen LogP contribution in [-0.4, -0.2) is 29.7 Å². The van der Waals surface area contributed by atoms with Crippen LogP contribution in [-0.2, 0) is 10.0 Å². The molecule has 0 bridgehead atoms. The Balaban J connectivity index is 2.44. The highest BCUT2D eigenvalue weighted by molar-refractivity contribution is 7.92. The van der Waals surface area contributed by atoms with E-state index in [9.17, 15) is 13.2 Å². The monoisotopic (exact) mass is 295 g/mol. The lowest BCUT2D eigenvalue weighted by Crippen LogP contribution is -2.16. The second-order valence-electron chi connectivity index (χ2n) is 4.28. The van der Waals surface area contributed by atoms with Crippen molar-refractivity contribution in [3.63, 3.8) is 0 Å². The second kappa shape index (κ2) is 4.97. The van der Waals surface area contributed by atoms with Gasteiger partial charge in [0.2, 0.25) is 0 Å². The van der Waals surface area contributed by atoms with Gasteiger partial charge in [-0.15, -0.1) is 0 Å². The number of hydrogen-bond acceptors (Lipinski definition) is 4. The van der Waals surface area contributed by atoms with Gasteiger partial charge in [-0.2, -0.15) is 5.10 Å². The molecular weight excluding hydrogens is 282 g/mol. The van der Waals surface area contributed by atoms with E-state index in [2.05, 4.69) is 14.9 Å². The van der Waals surface area contributed by atoms with Crippen LogP contribution in [0.4, 0.5) is 5.82 Å². The molecule has 0 amide bonds. The summed E-state index contributed by atoms with van der Waals surface area (Å²) in [6, 6.07) is 5.63. The summed E-state index contributed by atoms with van der Waals surface area (Å²) in [6.07, 6.45) is 0. The molecule has 0 atom stereocenters. The first-order valence-electron chi connectivity index (χ1n) is 5.69. The van der Waals surface area contributed by atoms with Gasteiger partial charge >= 0.3 is 5.97 Å². The Hall–Kier alpha value is -2.35. The number of aromatic carboxylic acids is 1.